The van der Waals surface area contributed by atoms with E-state index in [0.717, 1.165) is 6.42 Å². The first kappa shape index (κ1) is 15.9. The third-order valence-corrected chi connectivity index (χ3v) is 2.74. The molecule has 0 aliphatic rings. The second kappa shape index (κ2) is 8.11. The zero-order chi connectivity index (χ0) is 15.0. The zero-order valence-corrected chi connectivity index (χ0v) is 11.2. The summed E-state index contributed by atoms with van der Waals surface area (Å²) < 4.78 is 0. The quantitative estimate of drug-likeness (QED) is 0.600. The second-order valence-corrected chi connectivity index (χ2v) is 4.35. The van der Waals surface area contributed by atoms with Crippen LogP contribution >= 0.6 is 0 Å². The topological polar surface area (TPSA) is 112 Å². The molecule has 0 radical (unpaired) electrons. The van der Waals surface area contributed by atoms with Crippen molar-refractivity contribution in [3.63, 3.8) is 0 Å². The van der Waals surface area contributed by atoms with Gasteiger partial charge in [0.2, 0.25) is 0 Å². The Morgan fingerprint density at radius 2 is 2.15 bits per heavy atom. The van der Waals surface area contributed by atoms with Gasteiger partial charge in [-0.15, -0.1) is 0 Å². The summed E-state index contributed by atoms with van der Waals surface area (Å²) >= 11 is 0. The van der Waals surface area contributed by atoms with Crippen molar-refractivity contribution in [1.29, 1.82) is 0 Å². The minimum absolute atomic E-state index is 0.307. The maximum Gasteiger partial charge on any atom is 0.404 e. The molecule has 0 aromatic carbocycles. The molecule has 0 fully saturated rings. The molecule has 0 aliphatic heterocycles. The second-order valence-electron chi connectivity index (χ2n) is 4.35. The van der Waals surface area contributed by atoms with Gasteiger partial charge in [0.15, 0.2) is 6.10 Å². The molecule has 1 rings (SSSR count). The Morgan fingerprint density at radius 3 is 2.70 bits per heavy atom. The number of unbranched alkanes of at least 4 members (excludes halogenated alkanes) is 1. The molecule has 0 saturated heterocycles. The highest BCUT2D eigenvalue weighted by Crippen LogP contribution is 2.08. The molecule has 1 heterocycles. The summed E-state index contributed by atoms with van der Waals surface area (Å²) in [5.74, 6) is -0.375. The number of amides is 2. The van der Waals surface area contributed by atoms with Crippen LogP contribution < -0.4 is 10.6 Å². The first-order valence-corrected chi connectivity index (χ1v) is 6.44. The van der Waals surface area contributed by atoms with E-state index in [1.54, 1.807) is 18.2 Å². The third kappa shape index (κ3) is 5.23. The number of hydrogen-bond acceptors (Lipinski definition) is 4. The fourth-order valence-electron chi connectivity index (χ4n) is 1.71. The van der Waals surface area contributed by atoms with Crippen molar-refractivity contribution in [2.24, 2.45) is 0 Å². The van der Waals surface area contributed by atoms with Gasteiger partial charge in [-0.05, 0) is 18.6 Å². The Bertz CT molecular complexity index is 439. The number of aliphatic hydroxyl groups excluding tert-OH is 1. The molecule has 7 nitrogen and oxygen atoms in total. The first-order chi connectivity index (χ1) is 9.54. The van der Waals surface area contributed by atoms with Crippen molar-refractivity contribution in [2.75, 3.05) is 5.32 Å². The molecule has 1 aromatic heterocycles. The van der Waals surface area contributed by atoms with Crippen molar-refractivity contribution in [2.45, 2.75) is 38.3 Å². The van der Waals surface area contributed by atoms with Crippen LogP contribution in [0.1, 0.15) is 26.2 Å². The van der Waals surface area contributed by atoms with Gasteiger partial charge in [-0.25, -0.2) is 9.78 Å². The van der Waals surface area contributed by atoms with Gasteiger partial charge in [0.05, 0.1) is 6.04 Å². The summed E-state index contributed by atoms with van der Waals surface area (Å²) in [5.41, 5.74) is 0. The molecule has 1 aromatic rings. The summed E-state index contributed by atoms with van der Waals surface area (Å²) in [6, 6.07) is 4.13. The normalized spacial score (nSPS) is 13.3. The predicted octanol–water partition coefficient (Wildman–Crippen LogP) is 1.21. The number of anilines is 1. The van der Waals surface area contributed by atoms with E-state index in [4.69, 9.17) is 5.11 Å². The lowest BCUT2D eigenvalue weighted by Gasteiger charge is -2.21. The Balaban J connectivity index is 2.64. The van der Waals surface area contributed by atoms with Crippen LogP contribution in [0, 0.1) is 0 Å². The SMILES string of the molecule is CCCC[C@H](NC(=O)O)[C@H](O)C(=O)Nc1ccccn1. The molecule has 0 saturated carbocycles. The first-order valence-electron chi connectivity index (χ1n) is 6.44. The number of nitrogens with one attached hydrogen (secondary N) is 2. The summed E-state index contributed by atoms with van der Waals surface area (Å²) in [4.78, 5) is 26.5. The summed E-state index contributed by atoms with van der Waals surface area (Å²) in [6.45, 7) is 1.94. The van der Waals surface area contributed by atoms with E-state index < -0.39 is 24.1 Å². The van der Waals surface area contributed by atoms with E-state index in [9.17, 15) is 14.7 Å². The Labute approximate surface area is 117 Å². The molecule has 7 heteroatoms. The molecule has 4 N–H and O–H groups in total. The van der Waals surface area contributed by atoms with Crippen LogP contribution in [-0.4, -0.2) is 39.3 Å². The number of aliphatic hydroxyl groups is 1. The number of aromatic nitrogens is 1. The van der Waals surface area contributed by atoms with Gasteiger partial charge in [-0.3, -0.25) is 4.79 Å². The fraction of sp³-hybridized carbons (Fsp3) is 0.462. The van der Waals surface area contributed by atoms with Crippen molar-refractivity contribution >= 4 is 17.8 Å². The van der Waals surface area contributed by atoms with Crippen LogP contribution in [0.3, 0.4) is 0 Å². The summed E-state index contributed by atoms with van der Waals surface area (Å²) in [7, 11) is 0. The van der Waals surface area contributed by atoms with Crippen molar-refractivity contribution in [3.05, 3.63) is 24.4 Å². The summed E-state index contributed by atoms with van der Waals surface area (Å²) in [5, 5.41) is 23.3. The molecule has 110 valence electrons. The Hall–Kier alpha value is -2.15. The molecule has 20 heavy (non-hydrogen) atoms. The minimum Gasteiger partial charge on any atom is -0.465 e. The fourth-order valence-corrected chi connectivity index (χ4v) is 1.71. The van der Waals surface area contributed by atoms with Crippen molar-refractivity contribution in [3.8, 4) is 0 Å². The van der Waals surface area contributed by atoms with Crippen molar-refractivity contribution < 1.29 is 19.8 Å². The maximum absolute atomic E-state index is 11.9. The maximum atomic E-state index is 11.9. The van der Waals surface area contributed by atoms with Gasteiger partial charge in [0, 0.05) is 6.20 Å². The number of hydrogen-bond donors (Lipinski definition) is 4. The standard InChI is InChI=1S/C13H19N3O4/c1-2-3-6-9(15-13(19)20)11(17)12(18)16-10-7-4-5-8-14-10/h4-5,7-9,11,15,17H,2-3,6H2,1H3,(H,19,20)(H,14,16,18)/t9-,11-/m0/s1. The molecular formula is C13H19N3O4. The van der Waals surface area contributed by atoms with Gasteiger partial charge in [-0.2, -0.15) is 0 Å². The van der Waals surface area contributed by atoms with Crippen molar-refractivity contribution in [1.82, 2.24) is 10.3 Å². The van der Waals surface area contributed by atoms with Gasteiger partial charge >= 0.3 is 6.09 Å². The van der Waals surface area contributed by atoms with E-state index in [-0.39, 0.29) is 0 Å². The molecular weight excluding hydrogens is 262 g/mol. The molecule has 0 aliphatic carbocycles. The predicted molar refractivity (Wildman–Crippen MR) is 73.3 cm³/mol. The van der Waals surface area contributed by atoms with Gasteiger partial charge in [-0.1, -0.05) is 25.8 Å². The molecule has 0 spiro atoms. The molecule has 0 unspecified atom stereocenters. The number of carboxylic acid groups (broad SMARTS) is 1. The van der Waals surface area contributed by atoms with Gasteiger partial charge in [0.1, 0.15) is 5.82 Å². The van der Waals surface area contributed by atoms with Gasteiger partial charge in [0.25, 0.3) is 5.91 Å². The van der Waals surface area contributed by atoms with Crippen LogP contribution in [-0.2, 0) is 4.79 Å². The highest BCUT2D eigenvalue weighted by atomic mass is 16.4. The van der Waals surface area contributed by atoms with Crippen LogP contribution in [0.5, 0.6) is 0 Å². The van der Waals surface area contributed by atoms with E-state index >= 15 is 0 Å². The average molecular weight is 281 g/mol. The van der Waals surface area contributed by atoms with Crippen LogP contribution in [0.15, 0.2) is 24.4 Å². The number of nitrogens with zero attached hydrogens (tertiary/aromatic N) is 1. The number of carbonyl (C=O) groups excluding carboxylic acids is 1. The Kier molecular flexibility index (Phi) is 6.45. The van der Waals surface area contributed by atoms with E-state index in [1.165, 1.54) is 6.20 Å². The lowest BCUT2D eigenvalue weighted by Crippen LogP contribution is -2.48. The smallest absolute Gasteiger partial charge is 0.404 e. The van der Waals surface area contributed by atoms with E-state index in [1.807, 2.05) is 6.92 Å². The van der Waals surface area contributed by atoms with Crippen LogP contribution in [0.2, 0.25) is 0 Å². The van der Waals surface area contributed by atoms with E-state index in [2.05, 4.69) is 15.6 Å². The third-order valence-electron chi connectivity index (χ3n) is 2.74. The van der Waals surface area contributed by atoms with Gasteiger partial charge < -0.3 is 20.8 Å². The number of rotatable bonds is 7. The lowest BCUT2D eigenvalue weighted by molar-refractivity contribution is -0.125. The monoisotopic (exact) mass is 281 g/mol. The van der Waals surface area contributed by atoms with Crippen LogP contribution in [0.25, 0.3) is 0 Å². The highest BCUT2D eigenvalue weighted by molar-refractivity contribution is 5.93. The summed E-state index contributed by atoms with van der Waals surface area (Å²) in [6.07, 6.45) is 0.715. The average Bonchev–Trinajstić information content (AvgIpc) is 2.43. The van der Waals surface area contributed by atoms with E-state index in [0.29, 0.717) is 18.7 Å². The highest BCUT2D eigenvalue weighted by Gasteiger charge is 2.27. The molecule has 0 bridgehead atoms. The largest absolute Gasteiger partial charge is 0.465 e. The lowest BCUT2D eigenvalue weighted by atomic mass is 10.0. The minimum atomic E-state index is -1.46. The zero-order valence-electron chi connectivity index (χ0n) is 11.2. The molecule has 2 atom stereocenters. The number of pyridine rings is 1. The Morgan fingerprint density at radius 1 is 1.40 bits per heavy atom. The van der Waals surface area contributed by atoms with Crippen LogP contribution in [0.4, 0.5) is 10.6 Å². The molecule has 2 amide bonds. The number of carbonyl (C=O) groups is 2.